The lowest BCUT2D eigenvalue weighted by atomic mass is 10.0. The van der Waals surface area contributed by atoms with Gasteiger partial charge in [-0.1, -0.05) is 13.8 Å². The van der Waals surface area contributed by atoms with Gasteiger partial charge in [0.25, 0.3) is 0 Å². The molecule has 1 atom stereocenters. The normalized spacial score (nSPS) is 12.2. The predicted molar refractivity (Wildman–Crippen MR) is 74.6 cm³/mol. The van der Waals surface area contributed by atoms with Crippen molar-refractivity contribution in [2.24, 2.45) is 5.92 Å². The summed E-state index contributed by atoms with van der Waals surface area (Å²) in [5.74, 6) is -0.234. The molecular formula is C14H22N2O4. The van der Waals surface area contributed by atoms with E-state index < -0.39 is 5.97 Å². The number of urea groups is 1. The van der Waals surface area contributed by atoms with Gasteiger partial charge in [0.15, 0.2) is 0 Å². The number of furan rings is 1. The van der Waals surface area contributed by atoms with Crippen LogP contribution in [0.3, 0.4) is 0 Å². The highest BCUT2D eigenvalue weighted by Gasteiger charge is 2.11. The summed E-state index contributed by atoms with van der Waals surface area (Å²) in [5.41, 5.74) is 0. The molecule has 1 rings (SSSR count). The number of carbonyl (C=O) groups excluding carboxylic acids is 1. The van der Waals surface area contributed by atoms with Crippen LogP contribution in [0.1, 0.15) is 49.9 Å². The van der Waals surface area contributed by atoms with E-state index in [2.05, 4.69) is 24.5 Å². The Morgan fingerprint density at radius 1 is 1.25 bits per heavy atom. The Hall–Kier alpha value is -1.98. The van der Waals surface area contributed by atoms with Crippen LogP contribution in [0.15, 0.2) is 16.5 Å². The number of rotatable bonds is 7. The van der Waals surface area contributed by atoms with Crippen molar-refractivity contribution in [3.8, 4) is 0 Å². The topological polar surface area (TPSA) is 91.6 Å². The van der Waals surface area contributed by atoms with Crippen LogP contribution in [0.4, 0.5) is 4.79 Å². The second-order valence-electron chi connectivity index (χ2n) is 5.27. The Bertz CT molecular complexity index is 454. The van der Waals surface area contributed by atoms with Gasteiger partial charge in [-0.2, -0.15) is 0 Å². The molecule has 0 spiro atoms. The van der Waals surface area contributed by atoms with Crippen molar-refractivity contribution in [2.45, 2.75) is 46.2 Å². The van der Waals surface area contributed by atoms with Crippen LogP contribution in [0.5, 0.6) is 0 Å². The van der Waals surface area contributed by atoms with Gasteiger partial charge in [-0.15, -0.1) is 0 Å². The summed E-state index contributed by atoms with van der Waals surface area (Å²) >= 11 is 0. The van der Waals surface area contributed by atoms with E-state index in [1.807, 2.05) is 6.92 Å². The van der Waals surface area contributed by atoms with E-state index in [1.165, 1.54) is 12.1 Å². The molecule has 0 aromatic carbocycles. The molecule has 3 N–H and O–H groups in total. The highest BCUT2D eigenvalue weighted by atomic mass is 16.4. The molecule has 112 valence electrons. The highest BCUT2D eigenvalue weighted by molar-refractivity contribution is 5.84. The summed E-state index contributed by atoms with van der Waals surface area (Å²) in [7, 11) is 0. The lowest BCUT2D eigenvalue weighted by molar-refractivity contribution is 0.0660. The minimum atomic E-state index is -1.12. The lowest BCUT2D eigenvalue weighted by Crippen LogP contribution is -2.40. The molecule has 20 heavy (non-hydrogen) atoms. The first-order valence-electron chi connectivity index (χ1n) is 6.75. The average Bonchev–Trinajstić information content (AvgIpc) is 2.83. The quantitative estimate of drug-likeness (QED) is 0.716. The zero-order valence-corrected chi connectivity index (χ0v) is 12.1. The fourth-order valence-corrected chi connectivity index (χ4v) is 1.69. The summed E-state index contributed by atoms with van der Waals surface area (Å²) in [6.07, 6.45) is 1.98. The van der Waals surface area contributed by atoms with Gasteiger partial charge in [-0.3, -0.25) is 0 Å². The maximum absolute atomic E-state index is 11.6. The number of nitrogens with one attached hydrogen (secondary N) is 2. The van der Waals surface area contributed by atoms with Gasteiger partial charge in [-0.25, -0.2) is 9.59 Å². The fourth-order valence-electron chi connectivity index (χ4n) is 1.69. The SMILES string of the molecule is CC(C)CCC(C)NC(=O)NCc1ccc(C(=O)O)o1. The lowest BCUT2D eigenvalue weighted by Gasteiger charge is -2.15. The maximum Gasteiger partial charge on any atom is 0.371 e. The Kier molecular flexibility index (Phi) is 6.09. The van der Waals surface area contributed by atoms with Crippen LogP contribution >= 0.6 is 0 Å². The third kappa shape index (κ3) is 5.77. The van der Waals surface area contributed by atoms with Crippen LogP contribution < -0.4 is 10.6 Å². The molecule has 0 aliphatic rings. The highest BCUT2D eigenvalue weighted by Crippen LogP contribution is 2.08. The number of aromatic carboxylic acids is 1. The number of carboxylic acids is 1. The van der Waals surface area contributed by atoms with Gasteiger partial charge in [0, 0.05) is 6.04 Å². The van der Waals surface area contributed by atoms with Gasteiger partial charge in [0.2, 0.25) is 5.76 Å². The van der Waals surface area contributed by atoms with Gasteiger partial charge in [0.05, 0.1) is 6.54 Å². The Labute approximate surface area is 118 Å². The van der Waals surface area contributed by atoms with Crippen LogP contribution in [0.2, 0.25) is 0 Å². The molecule has 6 heteroatoms. The molecule has 6 nitrogen and oxygen atoms in total. The van der Waals surface area contributed by atoms with Crippen LogP contribution in [0, 0.1) is 5.92 Å². The third-order valence-corrected chi connectivity index (χ3v) is 2.85. The van der Waals surface area contributed by atoms with Crippen molar-refractivity contribution in [2.75, 3.05) is 0 Å². The summed E-state index contributed by atoms with van der Waals surface area (Å²) in [4.78, 5) is 22.3. The molecule has 0 radical (unpaired) electrons. The minimum Gasteiger partial charge on any atom is -0.475 e. The molecule has 1 unspecified atom stereocenters. The van der Waals surface area contributed by atoms with E-state index in [9.17, 15) is 9.59 Å². The van der Waals surface area contributed by atoms with Crippen LogP contribution in [-0.2, 0) is 6.54 Å². The Morgan fingerprint density at radius 3 is 2.50 bits per heavy atom. The van der Waals surface area contributed by atoms with Crippen molar-refractivity contribution in [3.05, 3.63) is 23.7 Å². The maximum atomic E-state index is 11.6. The van der Waals surface area contributed by atoms with Gasteiger partial charge in [-0.05, 0) is 37.8 Å². The largest absolute Gasteiger partial charge is 0.475 e. The number of hydrogen-bond acceptors (Lipinski definition) is 3. The van der Waals surface area contributed by atoms with Crippen molar-refractivity contribution >= 4 is 12.0 Å². The summed E-state index contributed by atoms with van der Waals surface area (Å²) in [6, 6.07) is 2.71. The first kappa shape index (κ1) is 16.1. The molecule has 0 bridgehead atoms. The van der Waals surface area contributed by atoms with E-state index in [0.29, 0.717) is 11.7 Å². The second-order valence-corrected chi connectivity index (χ2v) is 5.27. The molecule has 1 heterocycles. The molecule has 0 aliphatic carbocycles. The molecule has 2 amide bonds. The minimum absolute atomic E-state index is 0.101. The first-order chi connectivity index (χ1) is 9.38. The molecular weight excluding hydrogens is 260 g/mol. The fraction of sp³-hybridized carbons (Fsp3) is 0.571. The zero-order chi connectivity index (χ0) is 15.1. The smallest absolute Gasteiger partial charge is 0.371 e. The molecule has 0 saturated heterocycles. The monoisotopic (exact) mass is 282 g/mol. The van der Waals surface area contributed by atoms with Crippen molar-refractivity contribution < 1.29 is 19.1 Å². The van der Waals surface area contributed by atoms with Crippen molar-refractivity contribution in [1.29, 1.82) is 0 Å². The van der Waals surface area contributed by atoms with E-state index in [-0.39, 0.29) is 24.4 Å². The van der Waals surface area contributed by atoms with Crippen molar-refractivity contribution in [1.82, 2.24) is 10.6 Å². The standard InChI is InChI=1S/C14H22N2O4/c1-9(2)4-5-10(3)16-14(19)15-8-11-6-7-12(20-11)13(17)18/h6-7,9-10H,4-5,8H2,1-3H3,(H,17,18)(H2,15,16,19). The second kappa shape index (κ2) is 7.57. The van der Waals surface area contributed by atoms with E-state index >= 15 is 0 Å². The van der Waals surface area contributed by atoms with Crippen molar-refractivity contribution in [3.63, 3.8) is 0 Å². The number of carboxylic acid groups (broad SMARTS) is 1. The number of amides is 2. The number of hydrogen-bond donors (Lipinski definition) is 3. The van der Waals surface area contributed by atoms with Crippen LogP contribution in [0.25, 0.3) is 0 Å². The van der Waals surface area contributed by atoms with E-state index in [4.69, 9.17) is 9.52 Å². The van der Waals surface area contributed by atoms with Gasteiger partial charge in [0.1, 0.15) is 5.76 Å². The van der Waals surface area contributed by atoms with Gasteiger partial charge < -0.3 is 20.2 Å². The average molecular weight is 282 g/mol. The summed E-state index contributed by atoms with van der Waals surface area (Å²) < 4.78 is 5.04. The Balaban J connectivity index is 2.30. The molecule has 0 saturated carbocycles. The summed E-state index contributed by atoms with van der Waals surface area (Å²) in [6.45, 7) is 6.40. The third-order valence-electron chi connectivity index (χ3n) is 2.85. The number of carbonyl (C=O) groups is 2. The molecule has 0 aliphatic heterocycles. The Morgan fingerprint density at radius 2 is 1.95 bits per heavy atom. The molecule has 1 aromatic rings. The zero-order valence-electron chi connectivity index (χ0n) is 12.1. The van der Waals surface area contributed by atoms with E-state index in [0.717, 1.165) is 12.8 Å². The van der Waals surface area contributed by atoms with Gasteiger partial charge >= 0.3 is 12.0 Å². The first-order valence-corrected chi connectivity index (χ1v) is 6.75. The summed E-state index contributed by atoms with van der Waals surface area (Å²) in [5, 5.41) is 14.2. The van der Waals surface area contributed by atoms with Crippen LogP contribution in [-0.4, -0.2) is 23.1 Å². The molecule has 1 aromatic heterocycles. The molecule has 0 fully saturated rings. The predicted octanol–water partition coefficient (Wildman–Crippen LogP) is 2.60. The van der Waals surface area contributed by atoms with E-state index in [1.54, 1.807) is 0 Å².